The highest BCUT2D eigenvalue weighted by Crippen LogP contribution is 2.34. The molecule has 0 unspecified atom stereocenters. The van der Waals surface area contributed by atoms with Gasteiger partial charge in [0.25, 0.3) is 0 Å². The van der Waals surface area contributed by atoms with Crippen LogP contribution in [0.1, 0.15) is 10.5 Å². The molecule has 1 aromatic heterocycles. The van der Waals surface area contributed by atoms with Gasteiger partial charge in [-0.25, -0.2) is 9.78 Å². The lowest BCUT2D eigenvalue weighted by Gasteiger charge is -2.16. The lowest BCUT2D eigenvalue weighted by Crippen LogP contribution is -2.11. The molecule has 18 heavy (non-hydrogen) atoms. The number of aromatic hydroxyl groups is 2. The summed E-state index contributed by atoms with van der Waals surface area (Å²) < 4.78 is 0. The fraction of sp³-hybridized carbons (Fsp3) is 0.167. The lowest BCUT2D eigenvalue weighted by atomic mass is 10.1. The maximum absolute atomic E-state index is 11.0. The van der Waals surface area contributed by atoms with Gasteiger partial charge >= 0.3 is 5.97 Å². The van der Waals surface area contributed by atoms with E-state index >= 15 is 0 Å². The predicted octanol–water partition coefficient (Wildman–Crippen LogP) is 1.41. The van der Waals surface area contributed by atoms with Crippen LogP contribution in [-0.4, -0.2) is 40.4 Å². The molecule has 0 aliphatic heterocycles. The van der Waals surface area contributed by atoms with Crippen LogP contribution in [0.2, 0.25) is 0 Å². The fourth-order valence-electron chi connectivity index (χ4n) is 1.71. The second-order valence-corrected chi connectivity index (χ2v) is 4.08. The van der Waals surface area contributed by atoms with E-state index in [0.29, 0.717) is 16.6 Å². The largest absolute Gasteiger partial charge is 0.504 e. The van der Waals surface area contributed by atoms with Crippen LogP contribution in [0.4, 0.5) is 5.69 Å². The number of phenols is 2. The zero-order chi connectivity index (χ0) is 13.4. The number of aromatic carboxylic acids is 1. The van der Waals surface area contributed by atoms with E-state index in [2.05, 4.69) is 4.98 Å². The molecule has 6 heteroatoms. The molecule has 0 aliphatic carbocycles. The van der Waals surface area contributed by atoms with Crippen molar-refractivity contribution in [2.24, 2.45) is 0 Å². The van der Waals surface area contributed by atoms with Gasteiger partial charge < -0.3 is 20.2 Å². The number of hydrogen-bond donors (Lipinski definition) is 3. The summed E-state index contributed by atoms with van der Waals surface area (Å²) >= 11 is 0. The van der Waals surface area contributed by atoms with Gasteiger partial charge in [-0.15, -0.1) is 0 Å². The van der Waals surface area contributed by atoms with Crippen molar-refractivity contribution in [3.05, 3.63) is 23.9 Å². The summed E-state index contributed by atoms with van der Waals surface area (Å²) in [5, 5.41) is 28.5. The summed E-state index contributed by atoms with van der Waals surface area (Å²) in [7, 11) is 3.51. The van der Waals surface area contributed by atoms with Gasteiger partial charge in [0.2, 0.25) is 0 Å². The summed E-state index contributed by atoms with van der Waals surface area (Å²) in [5.41, 5.74) is 0.804. The molecule has 0 fully saturated rings. The van der Waals surface area contributed by atoms with Crippen LogP contribution in [0.25, 0.3) is 10.9 Å². The highest BCUT2D eigenvalue weighted by atomic mass is 16.4. The fourth-order valence-corrected chi connectivity index (χ4v) is 1.71. The predicted molar refractivity (Wildman–Crippen MR) is 66.4 cm³/mol. The first-order chi connectivity index (χ1) is 8.40. The molecule has 6 nitrogen and oxygen atoms in total. The highest BCUT2D eigenvalue weighted by molar-refractivity contribution is 5.98. The van der Waals surface area contributed by atoms with Crippen LogP contribution < -0.4 is 4.90 Å². The molecular formula is C12H12N2O4. The molecule has 0 saturated heterocycles. The molecule has 2 aromatic rings. The van der Waals surface area contributed by atoms with E-state index in [9.17, 15) is 15.0 Å². The van der Waals surface area contributed by atoms with Gasteiger partial charge in [0.1, 0.15) is 0 Å². The number of rotatable bonds is 2. The topological polar surface area (TPSA) is 93.9 Å². The van der Waals surface area contributed by atoms with Gasteiger partial charge in [-0.2, -0.15) is 0 Å². The Kier molecular flexibility index (Phi) is 2.70. The van der Waals surface area contributed by atoms with E-state index in [1.807, 2.05) is 0 Å². The number of benzene rings is 1. The van der Waals surface area contributed by atoms with Crippen LogP contribution in [-0.2, 0) is 0 Å². The molecule has 0 radical (unpaired) electrons. The third kappa shape index (κ3) is 1.88. The number of hydrogen-bond acceptors (Lipinski definition) is 5. The van der Waals surface area contributed by atoms with E-state index < -0.39 is 5.97 Å². The van der Waals surface area contributed by atoms with Gasteiger partial charge in [-0.3, -0.25) is 0 Å². The summed E-state index contributed by atoms with van der Waals surface area (Å²) in [6.45, 7) is 0. The Morgan fingerprint density at radius 3 is 2.33 bits per heavy atom. The van der Waals surface area contributed by atoms with Crippen LogP contribution in [0.5, 0.6) is 11.5 Å². The molecule has 2 rings (SSSR count). The Hall–Kier alpha value is -2.50. The van der Waals surface area contributed by atoms with Crippen molar-refractivity contribution in [1.29, 1.82) is 0 Å². The van der Waals surface area contributed by atoms with Crippen molar-refractivity contribution in [3.63, 3.8) is 0 Å². The number of phenolic OH excluding ortho intramolecular Hbond substituents is 2. The van der Waals surface area contributed by atoms with Gasteiger partial charge in [0, 0.05) is 31.2 Å². The van der Waals surface area contributed by atoms with E-state index in [4.69, 9.17) is 5.11 Å². The van der Waals surface area contributed by atoms with Gasteiger partial charge in [-0.1, -0.05) is 0 Å². The molecule has 1 heterocycles. The number of anilines is 1. The molecule has 1 aromatic carbocycles. The lowest BCUT2D eigenvalue weighted by molar-refractivity contribution is 0.0691. The Morgan fingerprint density at radius 1 is 1.17 bits per heavy atom. The molecule has 0 spiro atoms. The minimum Gasteiger partial charge on any atom is -0.504 e. The third-order valence-corrected chi connectivity index (χ3v) is 2.58. The van der Waals surface area contributed by atoms with Crippen molar-refractivity contribution in [2.45, 2.75) is 0 Å². The smallest absolute Gasteiger partial charge is 0.354 e. The Labute approximate surface area is 103 Å². The molecule has 0 atom stereocenters. The Balaban J connectivity index is 2.85. The first kappa shape index (κ1) is 12.0. The van der Waals surface area contributed by atoms with Gasteiger partial charge in [0.15, 0.2) is 17.2 Å². The second kappa shape index (κ2) is 4.06. The zero-order valence-electron chi connectivity index (χ0n) is 9.88. The van der Waals surface area contributed by atoms with E-state index in [-0.39, 0.29) is 17.2 Å². The minimum absolute atomic E-state index is 0.115. The standard InChI is InChI=1S/C12H12N2O4/c1-14(2)9-4-8(12(17)18)13-7-5-11(16)10(15)3-6(7)9/h3-5,15-16H,1-2H3,(H,17,18). The number of pyridine rings is 1. The number of fused-ring (bicyclic) bond motifs is 1. The monoisotopic (exact) mass is 248 g/mol. The summed E-state index contributed by atoms with van der Waals surface area (Å²) in [4.78, 5) is 16.6. The van der Waals surface area contributed by atoms with Crippen LogP contribution >= 0.6 is 0 Å². The van der Waals surface area contributed by atoms with E-state index in [0.717, 1.165) is 0 Å². The number of carbonyl (C=O) groups is 1. The maximum atomic E-state index is 11.0. The average Bonchev–Trinajstić information content (AvgIpc) is 2.29. The quantitative estimate of drug-likeness (QED) is 0.696. The Morgan fingerprint density at radius 2 is 1.78 bits per heavy atom. The SMILES string of the molecule is CN(C)c1cc(C(=O)O)nc2cc(O)c(O)cc12. The zero-order valence-corrected chi connectivity index (χ0v) is 9.88. The molecule has 0 aliphatic rings. The third-order valence-electron chi connectivity index (χ3n) is 2.58. The highest BCUT2D eigenvalue weighted by Gasteiger charge is 2.14. The number of carboxylic acids is 1. The molecule has 3 N–H and O–H groups in total. The second-order valence-electron chi connectivity index (χ2n) is 4.08. The summed E-state index contributed by atoms with van der Waals surface area (Å²) in [6, 6.07) is 4.02. The first-order valence-electron chi connectivity index (χ1n) is 5.17. The summed E-state index contributed by atoms with van der Waals surface area (Å²) in [5.74, 6) is -1.75. The van der Waals surface area contributed by atoms with Crippen LogP contribution in [0, 0.1) is 0 Å². The number of nitrogens with zero attached hydrogens (tertiary/aromatic N) is 2. The van der Waals surface area contributed by atoms with Gasteiger partial charge in [-0.05, 0) is 12.1 Å². The van der Waals surface area contributed by atoms with Crippen LogP contribution in [0.3, 0.4) is 0 Å². The molecule has 94 valence electrons. The minimum atomic E-state index is -1.15. The first-order valence-corrected chi connectivity index (χ1v) is 5.17. The normalized spacial score (nSPS) is 10.6. The van der Waals surface area contributed by atoms with Crippen molar-refractivity contribution >= 4 is 22.6 Å². The van der Waals surface area contributed by atoms with E-state index in [1.54, 1.807) is 19.0 Å². The van der Waals surface area contributed by atoms with Crippen molar-refractivity contribution in [3.8, 4) is 11.5 Å². The summed E-state index contributed by atoms with van der Waals surface area (Å²) in [6.07, 6.45) is 0. The van der Waals surface area contributed by atoms with Gasteiger partial charge in [0.05, 0.1) is 5.52 Å². The maximum Gasteiger partial charge on any atom is 0.354 e. The van der Waals surface area contributed by atoms with E-state index in [1.165, 1.54) is 18.2 Å². The molecular weight excluding hydrogens is 236 g/mol. The molecule has 0 saturated carbocycles. The van der Waals surface area contributed by atoms with Crippen molar-refractivity contribution in [1.82, 2.24) is 4.98 Å². The van der Waals surface area contributed by atoms with Crippen molar-refractivity contribution < 1.29 is 20.1 Å². The molecule has 0 bridgehead atoms. The Bertz CT molecular complexity index is 638. The number of aromatic nitrogens is 1. The molecule has 0 amide bonds. The average molecular weight is 248 g/mol. The van der Waals surface area contributed by atoms with Crippen LogP contribution in [0.15, 0.2) is 18.2 Å². The van der Waals surface area contributed by atoms with Crippen molar-refractivity contribution in [2.75, 3.05) is 19.0 Å². The number of carboxylic acid groups (broad SMARTS) is 1.